The van der Waals surface area contributed by atoms with Gasteiger partial charge in [-0.25, -0.2) is 0 Å². The third kappa shape index (κ3) is 6.82. The SMILES string of the molecule is CN=C(NCc1cccc(OCCN2CCOCC2)c1)NCc1ccc(C)s1. The zero-order valence-corrected chi connectivity index (χ0v) is 17.6. The first-order chi connectivity index (χ1) is 13.7. The lowest BCUT2D eigenvalue weighted by molar-refractivity contribution is 0.0322. The number of benzene rings is 1. The maximum Gasteiger partial charge on any atom is 0.191 e. The van der Waals surface area contributed by atoms with Crippen LogP contribution in [0.2, 0.25) is 0 Å². The molecule has 1 aliphatic rings. The van der Waals surface area contributed by atoms with Crippen LogP contribution in [0.5, 0.6) is 5.75 Å². The van der Waals surface area contributed by atoms with Gasteiger partial charge in [0.05, 0.1) is 19.8 Å². The Hall–Kier alpha value is -2.09. The van der Waals surface area contributed by atoms with Crippen molar-refractivity contribution in [1.82, 2.24) is 15.5 Å². The van der Waals surface area contributed by atoms with Gasteiger partial charge in [-0.05, 0) is 36.8 Å². The molecule has 6 nitrogen and oxygen atoms in total. The molecule has 0 bridgehead atoms. The topological polar surface area (TPSA) is 58.1 Å². The van der Waals surface area contributed by atoms with Crippen molar-refractivity contribution < 1.29 is 9.47 Å². The number of rotatable bonds is 8. The van der Waals surface area contributed by atoms with Crippen LogP contribution >= 0.6 is 11.3 Å². The molecule has 3 rings (SSSR count). The summed E-state index contributed by atoms with van der Waals surface area (Å²) in [5.74, 6) is 1.70. The van der Waals surface area contributed by atoms with Gasteiger partial charge in [0.15, 0.2) is 5.96 Å². The van der Waals surface area contributed by atoms with Crippen molar-refractivity contribution in [2.75, 3.05) is 46.5 Å². The molecule has 2 aromatic rings. The third-order valence-corrected chi connectivity index (χ3v) is 5.59. The second-order valence-corrected chi connectivity index (χ2v) is 8.11. The van der Waals surface area contributed by atoms with Gasteiger partial charge in [-0.15, -0.1) is 11.3 Å². The van der Waals surface area contributed by atoms with E-state index < -0.39 is 0 Å². The van der Waals surface area contributed by atoms with Crippen LogP contribution in [0, 0.1) is 6.92 Å². The largest absolute Gasteiger partial charge is 0.492 e. The summed E-state index contributed by atoms with van der Waals surface area (Å²) in [6, 6.07) is 12.5. The fraction of sp³-hybridized carbons (Fsp3) is 0.476. The highest BCUT2D eigenvalue weighted by Gasteiger charge is 2.09. The number of nitrogens with zero attached hydrogens (tertiary/aromatic N) is 2. The van der Waals surface area contributed by atoms with Crippen LogP contribution in [0.1, 0.15) is 15.3 Å². The van der Waals surface area contributed by atoms with Gasteiger partial charge in [-0.1, -0.05) is 12.1 Å². The molecule has 2 heterocycles. The Kier molecular flexibility index (Phi) is 8.14. The Morgan fingerprint density at radius 1 is 1.18 bits per heavy atom. The zero-order valence-electron chi connectivity index (χ0n) is 16.7. The summed E-state index contributed by atoms with van der Waals surface area (Å²) in [7, 11) is 1.79. The molecule has 0 amide bonds. The predicted molar refractivity (Wildman–Crippen MR) is 115 cm³/mol. The molecule has 1 fully saturated rings. The Labute approximate surface area is 171 Å². The Balaban J connectivity index is 1.41. The minimum Gasteiger partial charge on any atom is -0.492 e. The Morgan fingerprint density at radius 2 is 2.00 bits per heavy atom. The van der Waals surface area contributed by atoms with Crippen LogP contribution in [0.25, 0.3) is 0 Å². The lowest BCUT2D eigenvalue weighted by Gasteiger charge is -2.26. The van der Waals surface area contributed by atoms with Gasteiger partial charge in [-0.3, -0.25) is 9.89 Å². The summed E-state index contributed by atoms with van der Waals surface area (Å²) >= 11 is 1.80. The lowest BCUT2D eigenvalue weighted by atomic mass is 10.2. The fourth-order valence-corrected chi connectivity index (χ4v) is 3.85. The van der Waals surface area contributed by atoms with E-state index in [0.717, 1.165) is 51.1 Å². The van der Waals surface area contributed by atoms with Gasteiger partial charge in [0.1, 0.15) is 12.4 Å². The number of nitrogens with one attached hydrogen (secondary N) is 2. The van der Waals surface area contributed by atoms with Crippen molar-refractivity contribution in [1.29, 1.82) is 0 Å². The number of morpholine rings is 1. The number of aryl methyl sites for hydroxylation is 1. The first-order valence-electron chi connectivity index (χ1n) is 9.74. The second kappa shape index (κ2) is 11.0. The minimum atomic E-state index is 0.695. The van der Waals surface area contributed by atoms with Crippen LogP contribution in [0.15, 0.2) is 41.4 Å². The molecule has 0 atom stereocenters. The van der Waals surface area contributed by atoms with Crippen molar-refractivity contribution >= 4 is 17.3 Å². The van der Waals surface area contributed by atoms with Gasteiger partial charge in [0, 0.05) is 43.0 Å². The van der Waals surface area contributed by atoms with E-state index in [1.165, 1.54) is 15.3 Å². The molecule has 0 saturated carbocycles. The maximum atomic E-state index is 5.94. The lowest BCUT2D eigenvalue weighted by Crippen LogP contribution is -2.38. The molecular formula is C21H30N4O2S. The van der Waals surface area contributed by atoms with Gasteiger partial charge >= 0.3 is 0 Å². The molecule has 0 unspecified atom stereocenters. The summed E-state index contributed by atoms with van der Waals surface area (Å²) in [5.41, 5.74) is 1.17. The molecule has 28 heavy (non-hydrogen) atoms. The summed E-state index contributed by atoms with van der Waals surface area (Å²) in [4.78, 5) is 9.30. The number of aliphatic imine (C=N–C) groups is 1. The molecule has 1 aromatic heterocycles. The fourth-order valence-electron chi connectivity index (χ4n) is 3.02. The molecule has 0 radical (unpaired) electrons. The third-order valence-electron chi connectivity index (χ3n) is 4.59. The van der Waals surface area contributed by atoms with E-state index in [9.17, 15) is 0 Å². The smallest absolute Gasteiger partial charge is 0.191 e. The molecule has 0 aliphatic carbocycles. The summed E-state index contributed by atoms with van der Waals surface area (Å²) in [6.07, 6.45) is 0. The molecule has 0 spiro atoms. The predicted octanol–water partition coefficient (Wildman–Crippen LogP) is 2.63. The first-order valence-corrected chi connectivity index (χ1v) is 10.6. The number of hydrogen-bond acceptors (Lipinski definition) is 5. The number of thiophene rings is 1. The van der Waals surface area contributed by atoms with Gasteiger partial charge in [0.25, 0.3) is 0 Å². The molecule has 1 aliphatic heterocycles. The number of hydrogen-bond donors (Lipinski definition) is 2. The van der Waals surface area contributed by atoms with E-state index in [1.54, 1.807) is 18.4 Å². The Bertz CT molecular complexity index is 756. The normalized spacial score (nSPS) is 15.4. The molecule has 2 N–H and O–H groups in total. The highest BCUT2D eigenvalue weighted by Crippen LogP contribution is 2.15. The van der Waals surface area contributed by atoms with E-state index in [-0.39, 0.29) is 0 Å². The van der Waals surface area contributed by atoms with E-state index in [2.05, 4.69) is 51.7 Å². The average molecular weight is 403 g/mol. The highest BCUT2D eigenvalue weighted by molar-refractivity contribution is 7.11. The molecule has 1 saturated heterocycles. The summed E-state index contributed by atoms with van der Waals surface area (Å²) in [6.45, 7) is 8.86. The van der Waals surface area contributed by atoms with E-state index in [4.69, 9.17) is 9.47 Å². The van der Waals surface area contributed by atoms with Gasteiger partial charge < -0.3 is 20.1 Å². The van der Waals surface area contributed by atoms with Crippen LogP contribution in [0.3, 0.4) is 0 Å². The van der Waals surface area contributed by atoms with Crippen LogP contribution in [0.4, 0.5) is 0 Å². The van der Waals surface area contributed by atoms with Crippen molar-refractivity contribution in [3.05, 3.63) is 51.7 Å². The quantitative estimate of drug-likeness (QED) is 0.525. The van der Waals surface area contributed by atoms with Gasteiger partial charge in [-0.2, -0.15) is 0 Å². The zero-order chi connectivity index (χ0) is 19.6. The van der Waals surface area contributed by atoms with E-state index >= 15 is 0 Å². The summed E-state index contributed by atoms with van der Waals surface area (Å²) in [5, 5.41) is 6.72. The van der Waals surface area contributed by atoms with E-state index in [0.29, 0.717) is 13.2 Å². The molecular weight excluding hydrogens is 372 g/mol. The van der Waals surface area contributed by atoms with Crippen LogP contribution in [-0.4, -0.2) is 57.4 Å². The minimum absolute atomic E-state index is 0.695. The molecule has 152 valence electrons. The van der Waals surface area contributed by atoms with Crippen LogP contribution in [-0.2, 0) is 17.8 Å². The van der Waals surface area contributed by atoms with Crippen molar-refractivity contribution in [3.63, 3.8) is 0 Å². The van der Waals surface area contributed by atoms with Crippen molar-refractivity contribution in [2.24, 2.45) is 4.99 Å². The second-order valence-electron chi connectivity index (χ2n) is 6.74. The highest BCUT2D eigenvalue weighted by atomic mass is 32.1. The first kappa shape index (κ1) is 20.6. The van der Waals surface area contributed by atoms with Crippen molar-refractivity contribution in [2.45, 2.75) is 20.0 Å². The number of ether oxygens (including phenoxy) is 2. The van der Waals surface area contributed by atoms with Gasteiger partial charge in [0.2, 0.25) is 0 Å². The monoisotopic (exact) mass is 402 g/mol. The average Bonchev–Trinajstić information content (AvgIpc) is 3.14. The number of guanidine groups is 1. The van der Waals surface area contributed by atoms with Crippen LogP contribution < -0.4 is 15.4 Å². The molecule has 1 aromatic carbocycles. The standard InChI is InChI=1S/C21H30N4O2S/c1-17-6-7-20(28-17)16-24-21(22-2)23-15-18-4-3-5-19(14-18)27-13-10-25-8-11-26-12-9-25/h3-7,14H,8-13,15-16H2,1-2H3,(H2,22,23,24). The molecule has 7 heteroatoms. The Morgan fingerprint density at radius 3 is 2.75 bits per heavy atom. The maximum absolute atomic E-state index is 5.94. The van der Waals surface area contributed by atoms with Crippen molar-refractivity contribution in [3.8, 4) is 5.75 Å². The summed E-state index contributed by atoms with van der Waals surface area (Å²) < 4.78 is 11.3. The van der Waals surface area contributed by atoms with E-state index in [1.807, 2.05) is 12.1 Å².